The van der Waals surface area contributed by atoms with Crippen molar-refractivity contribution in [3.8, 4) is 5.75 Å². The smallest absolute Gasteiger partial charge is 0.344 e. The monoisotopic (exact) mass is 213 g/mol. The van der Waals surface area contributed by atoms with Gasteiger partial charge in [0, 0.05) is 11.1 Å². The van der Waals surface area contributed by atoms with E-state index in [2.05, 4.69) is 10.8 Å². The van der Waals surface area contributed by atoms with Crippen molar-refractivity contribution >= 4 is 17.6 Å². The van der Waals surface area contributed by atoms with Crippen LogP contribution in [0.25, 0.3) is 0 Å². The predicted octanol–water partition coefficient (Wildman–Crippen LogP) is 2.08. The summed E-state index contributed by atoms with van der Waals surface area (Å²) in [5.41, 5.74) is 0. The van der Waals surface area contributed by atoms with Crippen LogP contribution in [0.2, 0.25) is 5.02 Å². The normalized spacial score (nSPS) is 9.57. The molecule has 1 rings (SSSR count). The Hall–Kier alpha value is -1.22. The highest BCUT2D eigenvalue weighted by Gasteiger charge is 2.02. The number of carbonyl (C=O) groups is 1. The fraction of sp³-hybridized carbons (Fsp3) is 0.300. The Morgan fingerprint density at radius 2 is 2.36 bits per heavy atom. The average Bonchev–Trinajstić information content (AvgIpc) is 2.17. The molecule has 0 aliphatic carbocycles. The molecule has 0 heterocycles. The average molecular weight is 214 g/mol. The molecular formula is C10H10ClO3. The molecule has 0 unspecified atom stereocenters. The molecule has 14 heavy (non-hydrogen) atoms. The van der Waals surface area contributed by atoms with Crippen molar-refractivity contribution in [3.05, 3.63) is 29.3 Å². The summed E-state index contributed by atoms with van der Waals surface area (Å²) < 4.78 is 9.80. The van der Waals surface area contributed by atoms with Gasteiger partial charge in [0.05, 0.1) is 6.61 Å². The summed E-state index contributed by atoms with van der Waals surface area (Å²) in [6.45, 7) is 2.01. The predicted molar refractivity (Wildman–Crippen MR) is 52.4 cm³/mol. The number of rotatable bonds is 4. The fourth-order valence-corrected chi connectivity index (χ4v) is 0.944. The maximum Gasteiger partial charge on any atom is 0.344 e. The first-order valence-corrected chi connectivity index (χ1v) is 4.56. The van der Waals surface area contributed by atoms with Crippen LogP contribution in [0.15, 0.2) is 18.2 Å². The second-order valence-electron chi connectivity index (χ2n) is 2.47. The zero-order valence-electron chi connectivity index (χ0n) is 7.75. The molecule has 0 aliphatic rings. The molecule has 0 saturated carbocycles. The first kappa shape index (κ1) is 10.9. The van der Waals surface area contributed by atoms with E-state index in [0.29, 0.717) is 17.4 Å². The Kier molecular flexibility index (Phi) is 4.26. The van der Waals surface area contributed by atoms with E-state index in [9.17, 15) is 4.79 Å². The van der Waals surface area contributed by atoms with Crippen LogP contribution in [0.3, 0.4) is 0 Å². The fourth-order valence-electron chi connectivity index (χ4n) is 0.826. The molecule has 0 saturated heterocycles. The van der Waals surface area contributed by atoms with Gasteiger partial charge < -0.3 is 9.47 Å². The van der Waals surface area contributed by atoms with Crippen LogP contribution in [0.5, 0.6) is 5.75 Å². The molecule has 75 valence electrons. The number of halogens is 1. The van der Waals surface area contributed by atoms with Gasteiger partial charge in [-0.1, -0.05) is 11.6 Å². The quantitative estimate of drug-likeness (QED) is 0.719. The molecule has 1 aromatic carbocycles. The molecule has 0 aromatic heterocycles. The largest absolute Gasteiger partial charge is 0.482 e. The van der Waals surface area contributed by atoms with Gasteiger partial charge in [-0.2, -0.15) is 0 Å². The van der Waals surface area contributed by atoms with Gasteiger partial charge in [0.25, 0.3) is 0 Å². The van der Waals surface area contributed by atoms with Crippen LogP contribution >= 0.6 is 11.6 Å². The molecule has 1 radical (unpaired) electrons. The molecule has 0 atom stereocenters. The van der Waals surface area contributed by atoms with Crippen molar-refractivity contribution in [1.82, 2.24) is 0 Å². The molecule has 3 nitrogen and oxygen atoms in total. The van der Waals surface area contributed by atoms with Gasteiger partial charge in [-0.05, 0) is 25.1 Å². The minimum absolute atomic E-state index is 0.0939. The van der Waals surface area contributed by atoms with Crippen LogP contribution in [-0.4, -0.2) is 19.2 Å². The molecule has 0 fully saturated rings. The SMILES string of the molecule is CCOC(=O)COc1c[c]c(Cl)cc1. The number of ether oxygens (including phenoxy) is 2. The number of hydrogen-bond acceptors (Lipinski definition) is 3. The van der Waals surface area contributed by atoms with Crippen LogP contribution in [0, 0.1) is 6.07 Å². The van der Waals surface area contributed by atoms with E-state index in [1.807, 2.05) is 0 Å². The number of esters is 1. The summed E-state index contributed by atoms with van der Waals surface area (Å²) in [4.78, 5) is 10.9. The first-order chi connectivity index (χ1) is 6.72. The zero-order valence-corrected chi connectivity index (χ0v) is 8.50. The van der Waals surface area contributed by atoms with E-state index >= 15 is 0 Å². The molecule has 4 heteroatoms. The number of benzene rings is 1. The third-order valence-corrected chi connectivity index (χ3v) is 1.64. The standard InChI is InChI=1S/C10H10ClO3/c1-2-13-10(12)7-14-9-5-3-8(11)4-6-9/h3,5-6H,2,7H2,1H3. The van der Waals surface area contributed by atoms with Crippen molar-refractivity contribution in [3.63, 3.8) is 0 Å². The van der Waals surface area contributed by atoms with Gasteiger partial charge in [0.15, 0.2) is 6.61 Å². The minimum Gasteiger partial charge on any atom is -0.482 e. The zero-order chi connectivity index (χ0) is 10.4. The van der Waals surface area contributed by atoms with E-state index < -0.39 is 0 Å². The third kappa shape index (κ3) is 3.66. The summed E-state index contributed by atoms with van der Waals surface area (Å²) in [5.74, 6) is 0.157. The van der Waals surface area contributed by atoms with Crippen molar-refractivity contribution in [1.29, 1.82) is 0 Å². The molecular weight excluding hydrogens is 204 g/mol. The molecule has 0 spiro atoms. The summed E-state index contributed by atoms with van der Waals surface area (Å²) in [7, 11) is 0. The van der Waals surface area contributed by atoms with Crippen LogP contribution in [-0.2, 0) is 9.53 Å². The molecule has 0 N–H and O–H groups in total. The van der Waals surface area contributed by atoms with E-state index in [4.69, 9.17) is 16.3 Å². The van der Waals surface area contributed by atoms with Crippen molar-refractivity contribution in [2.75, 3.05) is 13.2 Å². The Morgan fingerprint density at radius 3 is 2.93 bits per heavy atom. The van der Waals surface area contributed by atoms with Crippen molar-refractivity contribution < 1.29 is 14.3 Å². The van der Waals surface area contributed by atoms with E-state index in [-0.39, 0.29) is 12.6 Å². The highest BCUT2D eigenvalue weighted by Crippen LogP contribution is 2.14. The lowest BCUT2D eigenvalue weighted by molar-refractivity contribution is -0.145. The Morgan fingerprint density at radius 1 is 1.57 bits per heavy atom. The Labute approximate surface area is 87.6 Å². The lowest BCUT2D eigenvalue weighted by Crippen LogP contribution is -2.14. The highest BCUT2D eigenvalue weighted by molar-refractivity contribution is 6.30. The van der Waals surface area contributed by atoms with Crippen LogP contribution in [0.4, 0.5) is 0 Å². The lowest BCUT2D eigenvalue weighted by Gasteiger charge is -2.04. The Balaban J connectivity index is 2.38. The van der Waals surface area contributed by atoms with E-state index in [1.54, 1.807) is 25.1 Å². The van der Waals surface area contributed by atoms with Crippen LogP contribution < -0.4 is 4.74 Å². The van der Waals surface area contributed by atoms with Gasteiger partial charge in [-0.3, -0.25) is 0 Å². The van der Waals surface area contributed by atoms with Crippen molar-refractivity contribution in [2.45, 2.75) is 6.92 Å². The molecule has 0 amide bonds. The van der Waals surface area contributed by atoms with Gasteiger partial charge in [-0.25, -0.2) is 4.79 Å². The molecule has 1 aromatic rings. The summed E-state index contributed by atoms with van der Waals surface area (Å²) in [5, 5.41) is 0.508. The summed E-state index contributed by atoms with van der Waals surface area (Å²) in [6, 6.07) is 7.62. The topological polar surface area (TPSA) is 35.5 Å². The van der Waals surface area contributed by atoms with Gasteiger partial charge in [0.1, 0.15) is 5.75 Å². The van der Waals surface area contributed by atoms with E-state index in [0.717, 1.165) is 0 Å². The van der Waals surface area contributed by atoms with Gasteiger partial charge in [-0.15, -0.1) is 0 Å². The van der Waals surface area contributed by atoms with Gasteiger partial charge >= 0.3 is 5.97 Å². The highest BCUT2D eigenvalue weighted by atomic mass is 35.5. The third-order valence-electron chi connectivity index (χ3n) is 1.41. The van der Waals surface area contributed by atoms with Gasteiger partial charge in [0.2, 0.25) is 0 Å². The second-order valence-corrected chi connectivity index (χ2v) is 2.87. The maximum absolute atomic E-state index is 10.9. The second kappa shape index (κ2) is 5.50. The number of carbonyl (C=O) groups excluding carboxylic acids is 1. The number of hydrogen-bond donors (Lipinski definition) is 0. The maximum atomic E-state index is 10.9. The molecule has 0 aliphatic heterocycles. The Bertz CT molecular complexity index is 295. The minimum atomic E-state index is -0.387. The first-order valence-electron chi connectivity index (χ1n) is 4.18. The molecule has 0 bridgehead atoms. The lowest BCUT2D eigenvalue weighted by atomic mass is 10.3. The van der Waals surface area contributed by atoms with Crippen molar-refractivity contribution in [2.24, 2.45) is 0 Å². The summed E-state index contributed by atoms with van der Waals surface area (Å²) in [6.07, 6.45) is 0. The van der Waals surface area contributed by atoms with E-state index in [1.165, 1.54) is 0 Å². The summed E-state index contributed by atoms with van der Waals surface area (Å²) >= 11 is 5.62. The van der Waals surface area contributed by atoms with Crippen LogP contribution in [0.1, 0.15) is 6.92 Å².